The van der Waals surface area contributed by atoms with E-state index in [1.807, 2.05) is 0 Å². The SMILES string of the molecule is CC(NC(=O)c1ccc(F)cc1Cl)c1ccc(OC(F)F)cc1. The molecule has 0 aliphatic rings. The Kier molecular flexibility index (Phi) is 5.50. The van der Waals surface area contributed by atoms with E-state index in [1.165, 1.54) is 18.2 Å². The number of amides is 1. The largest absolute Gasteiger partial charge is 0.435 e. The van der Waals surface area contributed by atoms with Crippen LogP contribution in [0.25, 0.3) is 0 Å². The summed E-state index contributed by atoms with van der Waals surface area (Å²) in [6.07, 6.45) is 0. The predicted octanol–water partition coefficient (Wildman–Crippen LogP) is 4.57. The van der Waals surface area contributed by atoms with Crippen LogP contribution < -0.4 is 10.1 Å². The van der Waals surface area contributed by atoms with E-state index >= 15 is 0 Å². The highest BCUT2D eigenvalue weighted by Gasteiger charge is 2.15. The summed E-state index contributed by atoms with van der Waals surface area (Å²) in [6, 6.07) is 8.98. The molecule has 2 rings (SSSR count). The summed E-state index contributed by atoms with van der Waals surface area (Å²) < 4.78 is 41.4. The Morgan fingerprint density at radius 1 is 1.17 bits per heavy atom. The summed E-state index contributed by atoms with van der Waals surface area (Å²) >= 11 is 5.83. The topological polar surface area (TPSA) is 38.3 Å². The summed E-state index contributed by atoms with van der Waals surface area (Å²) in [5.74, 6) is -0.964. The van der Waals surface area contributed by atoms with Crippen molar-refractivity contribution in [2.75, 3.05) is 0 Å². The van der Waals surface area contributed by atoms with Crippen LogP contribution in [0.2, 0.25) is 5.02 Å². The number of hydrogen-bond acceptors (Lipinski definition) is 2. The smallest absolute Gasteiger partial charge is 0.387 e. The van der Waals surface area contributed by atoms with Crippen LogP contribution in [-0.4, -0.2) is 12.5 Å². The third-order valence-electron chi connectivity index (χ3n) is 3.13. The van der Waals surface area contributed by atoms with Crippen molar-refractivity contribution >= 4 is 17.5 Å². The maximum absolute atomic E-state index is 13.0. The first-order valence-corrected chi connectivity index (χ1v) is 7.05. The molecule has 0 fully saturated rings. The van der Waals surface area contributed by atoms with Gasteiger partial charge in [0.1, 0.15) is 11.6 Å². The summed E-state index contributed by atoms with van der Waals surface area (Å²) in [6.45, 7) is -1.17. The van der Waals surface area contributed by atoms with E-state index in [0.29, 0.717) is 5.56 Å². The molecule has 0 heterocycles. The summed E-state index contributed by atoms with van der Waals surface area (Å²) in [4.78, 5) is 12.1. The van der Waals surface area contributed by atoms with E-state index in [1.54, 1.807) is 19.1 Å². The predicted molar refractivity (Wildman–Crippen MR) is 80.4 cm³/mol. The number of carbonyl (C=O) groups is 1. The molecule has 2 aromatic carbocycles. The third-order valence-corrected chi connectivity index (χ3v) is 3.44. The normalized spacial score (nSPS) is 12.1. The molecule has 1 atom stereocenters. The minimum absolute atomic E-state index is 0.00961. The second-order valence-corrected chi connectivity index (χ2v) is 5.17. The first kappa shape index (κ1) is 17.1. The number of nitrogens with one attached hydrogen (secondary N) is 1. The van der Waals surface area contributed by atoms with Crippen LogP contribution in [-0.2, 0) is 0 Å². The van der Waals surface area contributed by atoms with Gasteiger partial charge >= 0.3 is 6.61 Å². The molecule has 0 aliphatic heterocycles. The van der Waals surface area contributed by atoms with Crippen LogP contribution in [0.1, 0.15) is 28.9 Å². The minimum Gasteiger partial charge on any atom is -0.435 e. The average Bonchev–Trinajstić information content (AvgIpc) is 2.47. The molecule has 122 valence electrons. The van der Waals surface area contributed by atoms with Gasteiger partial charge in [-0.25, -0.2) is 4.39 Å². The lowest BCUT2D eigenvalue weighted by atomic mass is 10.1. The summed E-state index contributed by atoms with van der Waals surface area (Å²) in [5.41, 5.74) is 0.843. The van der Waals surface area contributed by atoms with Gasteiger partial charge in [0.15, 0.2) is 0 Å². The maximum Gasteiger partial charge on any atom is 0.387 e. The van der Waals surface area contributed by atoms with Crippen LogP contribution in [0.4, 0.5) is 13.2 Å². The highest BCUT2D eigenvalue weighted by Crippen LogP contribution is 2.21. The van der Waals surface area contributed by atoms with Crippen molar-refractivity contribution in [1.82, 2.24) is 5.32 Å². The fourth-order valence-electron chi connectivity index (χ4n) is 1.97. The van der Waals surface area contributed by atoms with E-state index in [9.17, 15) is 18.0 Å². The van der Waals surface area contributed by atoms with Gasteiger partial charge in [0, 0.05) is 0 Å². The molecule has 1 unspecified atom stereocenters. The van der Waals surface area contributed by atoms with Crippen molar-refractivity contribution in [2.24, 2.45) is 0 Å². The highest BCUT2D eigenvalue weighted by molar-refractivity contribution is 6.33. The first-order chi connectivity index (χ1) is 10.9. The van der Waals surface area contributed by atoms with Crippen LogP contribution in [0.15, 0.2) is 42.5 Å². The highest BCUT2D eigenvalue weighted by atomic mass is 35.5. The Balaban J connectivity index is 2.06. The molecule has 0 saturated heterocycles. The maximum atomic E-state index is 13.0. The van der Waals surface area contributed by atoms with Gasteiger partial charge in [0.2, 0.25) is 0 Å². The lowest BCUT2D eigenvalue weighted by molar-refractivity contribution is -0.0498. The second-order valence-electron chi connectivity index (χ2n) is 4.77. The number of ether oxygens (including phenoxy) is 1. The lowest BCUT2D eigenvalue weighted by Crippen LogP contribution is -2.26. The number of halogens is 4. The molecule has 0 radical (unpaired) electrons. The van der Waals surface area contributed by atoms with Crippen LogP contribution in [0, 0.1) is 5.82 Å². The molecule has 2 aromatic rings. The minimum atomic E-state index is -2.89. The van der Waals surface area contributed by atoms with E-state index < -0.39 is 24.4 Å². The number of benzene rings is 2. The van der Waals surface area contributed by atoms with Crippen molar-refractivity contribution < 1.29 is 22.7 Å². The fourth-order valence-corrected chi connectivity index (χ4v) is 2.22. The second kappa shape index (κ2) is 7.37. The van der Waals surface area contributed by atoms with Crippen LogP contribution in [0.5, 0.6) is 5.75 Å². The van der Waals surface area contributed by atoms with Gasteiger partial charge in [-0.2, -0.15) is 8.78 Å². The zero-order valence-corrected chi connectivity index (χ0v) is 12.8. The average molecular weight is 344 g/mol. The molecule has 0 aromatic heterocycles. The fraction of sp³-hybridized carbons (Fsp3) is 0.188. The summed E-state index contributed by atoms with van der Waals surface area (Å²) in [5, 5.41) is 2.71. The van der Waals surface area contributed by atoms with E-state index in [-0.39, 0.29) is 16.3 Å². The van der Waals surface area contributed by atoms with Crippen molar-refractivity contribution in [3.05, 3.63) is 64.4 Å². The molecule has 0 saturated carbocycles. The standard InChI is InChI=1S/C16H13ClF3NO2/c1-9(10-2-5-12(6-3-10)23-16(19)20)21-15(22)13-7-4-11(18)8-14(13)17/h2-9,16H,1H3,(H,21,22). The molecule has 23 heavy (non-hydrogen) atoms. The third kappa shape index (κ3) is 4.63. The molecule has 7 heteroatoms. The van der Waals surface area contributed by atoms with Crippen LogP contribution in [0.3, 0.4) is 0 Å². The molecule has 1 N–H and O–H groups in total. The number of rotatable bonds is 5. The molecule has 0 bridgehead atoms. The van der Waals surface area contributed by atoms with Gasteiger partial charge < -0.3 is 10.1 Å². The monoisotopic (exact) mass is 343 g/mol. The molecule has 3 nitrogen and oxygen atoms in total. The van der Waals surface area contributed by atoms with Gasteiger partial charge in [-0.15, -0.1) is 0 Å². The van der Waals surface area contributed by atoms with Crippen LogP contribution >= 0.6 is 11.6 Å². The molecule has 0 aliphatic carbocycles. The Morgan fingerprint density at radius 3 is 2.39 bits per heavy atom. The Hall–Kier alpha value is -2.21. The number of alkyl halides is 2. The zero-order chi connectivity index (χ0) is 17.0. The van der Waals surface area contributed by atoms with Gasteiger partial charge in [0.25, 0.3) is 5.91 Å². The number of carbonyl (C=O) groups excluding carboxylic acids is 1. The Labute approximate surface area is 136 Å². The van der Waals surface area contributed by atoms with Gasteiger partial charge in [0.05, 0.1) is 16.6 Å². The lowest BCUT2D eigenvalue weighted by Gasteiger charge is -2.15. The molecular weight excluding hydrogens is 331 g/mol. The van der Waals surface area contributed by atoms with Gasteiger partial charge in [-0.05, 0) is 42.8 Å². The van der Waals surface area contributed by atoms with Crippen molar-refractivity contribution in [1.29, 1.82) is 0 Å². The van der Waals surface area contributed by atoms with Gasteiger partial charge in [-0.3, -0.25) is 4.79 Å². The van der Waals surface area contributed by atoms with Gasteiger partial charge in [-0.1, -0.05) is 23.7 Å². The number of hydrogen-bond donors (Lipinski definition) is 1. The first-order valence-electron chi connectivity index (χ1n) is 6.67. The molecule has 1 amide bonds. The van der Waals surface area contributed by atoms with E-state index in [2.05, 4.69) is 10.1 Å². The van der Waals surface area contributed by atoms with E-state index in [0.717, 1.165) is 12.1 Å². The Morgan fingerprint density at radius 2 is 1.83 bits per heavy atom. The zero-order valence-electron chi connectivity index (χ0n) is 12.0. The molecule has 0 spiro atoms. The quantitative estimate of drug-likeness (QED) is 0.863. The van der Waals surface area contributed by atoms with E-state index in [4.69, 9.17) is 11.6 Å². The summed E-state index contributed by atoms with van der Waals surface area (Å²) in [7, 11) is 0. The van der Waals surface area contributed by atoms with Crippen molar-refractivity contribution in [3.8, 4) is 5.75 Å². The van der Waals surface area contributed by atoms with Crippen molar-refractivity contribution in [3.63, 3.8) is 0 Å². The Bertz CT molecular complexity index is 692. The van der Waals surface area contributed by atoms with Crippen molar-refractivity contribution in [2.45, 2.75) is 19.6 Å². The molecular formula is C16H13ClF3NO2.